The van der Waals surface area contributed by atoms with Crippen LogP contribution in [0.1, 0.15) is 12.1 Å². The minimum Gasteiger partial charge on any atom is -0.455 e. The van der Waals surface area contributed by atoms with Crippen molar-refractivity contribution >= 4 is 46.2 Å². The predicted octanol–water partition coefficient (Wildman–Crippen LogP) is 5.14. The van der Waals surface area contributed by atoms with Gasteiger partial charge < -0.3 is 10.1 Å². The van der Waals surface area contributed by atoms with E-state index in [4.69, 9.17) is 27.9 Å². The molecule has 32 heavy (non-hydrogen) atoms. The molecule has 11 nitrogen and oxygen atoms in total. The summed E-state index contributed by atoms with van der Waals surface area (Å²) in [5.74, 6) is -0.168. The van der Waals surface area contributed by atoms with Gasteiger partial charge in [-0.1, -0.05) is 23.2 Å². The molecule has 1 amide bonds. The van der Waals surface area contributed by atoms with Crippen LogP contribution in [-0.2, 0) is 11.3 Å². The van der Waals surface area contributed by atoms with Gasteiger partial charge in [-0.3, -0.25) is 29.7 Å². The molecule has 0 bridgehead atoms. The van der Waals surface area contributed by atoms with Crippen LogP contribution in [0.3, 0.4) is 0 Å². The second kappa shape index (κ2) is 9.62. The Balaban J connectivity index is 1.73. The third kappa shape index (κ3) is 5.71. The number of non-ortho nitro benzene ring substituents is 1. The first kappa shape index (κ1) is 23.0. The molecule has 0 atom stereocenters. The van der Waals surface area contributed by atoms with Gasteiger partial charge in [-0.2, -0.15) is 5.10 Å². The van der Waals surface area contributed by atoms with Crippen molar-refractivity contribution < 1.29 is 19.4 Å². The molecular weight excluding hydrogens is 465 g/mol. The smallest absolute Gasteiger partial charge is 0.309 e. The lowest BCUT2D eigenvalue weighted by Gasteiger charge is -2.11. The Bertz CT molecular complexity index is 1210. The summed E-state index contributed by atoms with van der Waals surface area (Å²) in [6.07, 6.45) is 1.16. The fourth-order valence-electron chi connectivity index (χ4n) is 2.75. The maximum atomic E-state index is 12.3. The summed E-state index contributed by atoms with van der Waals surface area (Å²) in [6, 6.07) is 8.28. The highest BCUT2D eigenvalue weighted by Gasteiger charge is 2.17. The summed E-state index contributed by atoms with van der Waals surface area (Å²) in [5.41, 5.74) is -0.0865. The average molecular weight is 480 g/mol. The van der Waals surface area contributed by atoms with E-state index in [0.717, 1.165) is 0 Å². The van der Waals surface area contributed by atoms with E-state index in [0.29, 0.717) is 5.02 Å². The van der Waals surface area contributed by atoms with E-state index in [-0.39, 0.29) is 52.2 Å². The van der Waals surface area contributed by atoms with Crippen molar-refractivity contribution in [3.05, 3.63) is 78.6 Å². The molecule has 0 fully saturated rings. The Morgan fingerprint density at radius 3 is 2.53 bits per heavy atom. The van der Waals surface area contributed by atoms with Gasteiger partial charge >= 0.3 is 5.69 Å². The standard InChI is InChI=1S/C19H15Cl2N5O6/c1-11-17(26(30)31)10-24(23-11)5-4-19(27)22-13-7-14(25(28)29)9-15(8-13)32-18-3-2-12(20)6-16(18)21/h2-3,6-10H,4-5H2,1H3,(H,22,27). The Hall–Kier alpha value is -3.70. The first-order valence-electron chi connectivity index (χ1n) is 9.03. The lowest BCUT2D eigenvalue weighted by molar-refractivity contribution is -0.385. The second-order valence-electron chi connectivity index (χ2n) is 6.57. The van der Waals surface area contributed by atoms with E-state index in [1.54, 1.807) is 6.07 Å². The molecule has 0 aliphatic rings. The normalized spacial score (nSPS) is 10.6. The van der Waals surface area contributed by atoms with Gasteiger partial charge in [-0.25, -0.2) is 0 Å². The fourth-order valence-corrected chi connectivity index (χ4v) is 3.19. The van der Waals surface area contributed by atoms with E-state index in [9.17, 15) is 25.0 Å². The fraction of sp³-hybridized carbons (Fsp3) is 0.158. The van der Waals surface area contributed by atoms with Gasteiger partial charge in [0.25, 0.3) is 5.69 Å². The molecule has 0 aliphatic heterocycles. The minimum absolute atomic E-state index is 0.0693. The Labute approximate surface area is 190 Å². The van der Waals surface area contributed by atoms with E-state index in [1.807, 2.05) is 0 Å². The molecule has 1 aromatic heterocycles. The van der Waals surface area contributed by atoms with Gasteiger partial charge in [-0.15, -0.1) is 0 Å². The van der Waals surface area contributed by atoms with Crippen LogP contribution >= 0.6 is 23.2 Å². The SMILES string of the molecule is Cc1nn(CCC(=O)Nc2cc(Oc3ccc(Cl)cc3Cl)cc([N+](=O)[O-])c2)cc1[N+](=O)[O-]. The number of ether oxygens (including phenoxy) is 1. The molecule has 1 N–H and O–H groups in total. The third-order valence-electron chi connectivity index (χ3n) is 4.19. The van der Waals surface area contributed by atoms with Crippen LogP contribution in [-0.4, -0.2) is 25.5 Å². The van der Waals surface area contributed by atoms with E-state index >= 15 is 0 Å². The highest BCUT2D eigenvalue weighted by atomic mass is 35.5. The summed E-state index contributed by atoms with van der Waals surface area (Å²) >= 11 is 11.9. The van der Waals surface area contributed by atoms with Crippen molar-refractivity contribution in [2.24, 2.45) is 0 Å². The minimum atomic E-state index is -0.627. The molecule has 0 saturated heterocycles. The Morgan fingerprint density at radius 1 is 1.16 bits per heavy atom. The van der Waals surface area contributed by atoms with Gasteiger partial charge in [0.15, 0.2) is 0 Å². The van der Waals surface area contributed by atoms with Crippen molar-refractivity contribution in [3.63, 3.8) is 0 Å². The van der Waals surface area contributed by atoms with Crippen LogP contribution < -0.4 is 10.1 Å². The monoisotopic (exact) mass is 479 g/mol. The zero-order valence-electron chi connectivity index (χ0n) is 16.4. The van der Waals surface area contributed by atoms with Gasteiger partial charge in [0, 0.05) is 30.1 Å². The zero-order valence-corrected chi connectivity index (χ0v) is 18.0. The lowest BCUT2D eigenvalue weighted by atomic mass is 10.2. The number of aromatic nitrogens is 2. The largest absolute Gasteiger partial charge is 0.455 e. The summed E-state index contributed by atoms with van der Waals surface area (Å²) in [4.78, 5) is 33.3. The van der Waals surface area contributed by atoms with Crippen LogP contribution in [0.4, 0.5) is 17.1 Å². The van der Waals surface area contributed by atoms with Crippen LogP contribution in [0.2, 0.25) is 10.0 Å². The lowest BCUT2D eigenvalue weighted by Crippen LogP contribution is -2.15. The van der Waals surface area contributed by atoms with E-state index in [2.05, 4.69) is 10.4 Å². The molecule has 3 rings (SSSR count). The van der Waals surface area contributed by atoms with Crippen LogP contribution in [0.5, 0.6) is 11.5 Å². The highest BCUT2D eigenvalue weighted by molar-refractivity contribution is 6.35. The molecule has 0 spiro atoms. The molecule has 0 saturated carbocycles. The number of hydrogen-bond acceptors (Lipinski definition) is 7. The molecule has 13 heteroatoms. The quantitative estimate of drug-likeness (QED) is 0.348. The van der Waals surface area contributed by atoms with Crippen molar-refractivity contribution in [2.45, 2.75) is 19.9 Å². The first-order valence-corrected chi connectivity index (χ1v) is 9.78. The van der Waals surface area contributed by atoms with Gasteiger partial charge in [0.2, 0.25) is 5.91 Å². The molecule has 3 aromatic rings. The number of amides is 1. The number of hydrogen-bond donors (Lipinski definition) is 1. The van der Waals surface area contributed by atoms with E-state index < -0.39 is 15.8 Å². The van der Waals surface area contributed by atoms with Gasteiger partial charge in [-0.05, 0) is 25.1 Å². The number of aryl methyl sites for hydroxylation is 2. The number of nitro groups is 2. The number of halogens is 2. The van der Waals surface area contributed by atoms with Crippen molar-refractivity contribution in [1.29, 1.82) is 0 Å². The molecule has 0 unspecified atom stereocenters. The van der Waals surface area contributed by atoms with Crippen LogP contribution in [0.15, 0.2) is 42.6 Å². The Kier molecular flexibility index (Phi) is 6.91. The number of carbonyl (C=O) groups is 1. The predicted molar refractivity (Wildman–Crippen MR) is 116 cm³/mol. The number of benzene rings is 2. The summed E-state index contributed by atoms with van der Waals surface area (Å²) in [6.45, 7) is 1.57. The number of carbonyl (C=O) groups excluding carboxylic acids is 1. The summed E-state index contributed by atoms with van der Waals surface area (Å²) in [5, 5.41) is 29.3. The number of nitrogens with one attached hydrogen (secondary N) is 1. The van der Waals surface area contributed by atoms with Gasteiger partial charge in [0.1, 0.15) is 23.4 Å². The third-order valence-corrected chi connectivity index (χ3v) is 4.72. The number of rotatable bonds is 8. The Morgan fingerprint density at radius 2 is 1.91 bits per heavy atom. The van der Waals surface area contributed by atoms with Crippen molar-refractivity contribution in [3.8, 4) is 11.5 Å². The maximum Gasteiger partial charge on any atom is 0.309 e. The molecule has 166 valence electrons. The molecule has 0 radical (unpaired) electrons. The number of nitro benzene ring substituents is 1. The highest BCUT2D eigenvalue weighted by Crippen LogP contribution is 2.34. The number of nitrogens with zero attached hydrogens (tertiary/aromatic N) is 4. The number of anilines is 1. The molecular formula is C19H15Cl2N5O6. The topological polar surface area (TPSA) is 142 Å². The zero-order chi connectivity index (χ0) is 23.4. The van der Waals surface area contributed by atoms with Crippen molar-refractivity contribution in [2.75, 3.05) is 5.32 Å². The van der Waals surface area contributed by atoms with Crippen molar-refractivity contribution in [1.82, 2.24) is 9.78 Å². The maximum absolute atomic E-state index is 12.3. The second-order valence-corrected chi connectivity index (χ2v) is 7.41. The van der Waals surface area contributed by atoms with Crippen LogP contribution in [0, 0.1) is 27.2 Å². The molecule has 2 aromatic carbocycles. The summed E-state index contributed by atoms with van der Waals surface area (Å²) in [7, 11) is 0. The van der Waals surface area contributed by atoms with Gasteiger partial charge in [0.05, 0.1) is 26.6 Å². The van der Waals surface area contributed by atoms with Crippen LogP contribution in [0.25, 0.3) is 0 Å². The molecule has 1 heterocycles. The average Bonchev–Trinajstić information content (AvgIpc) is 3.09. The molecule has 0 aliphatic carbocycles. The summed E-state index contributed by atoms with van der Waals surface area (Å²) < 4.78 is 6.91. The first-order chi connectivity index (χ1) is 15.1. The van der Waals surface area contributed by atoms with E-state index in [1.165, 1.54) is 48.1 Å².